The Balaban J connectivity index is 2.82. The summed E-state index contributed by atoms with van der Waals surface area (Å²) in [6.07, 6.45) is 0. The van der Waals surface area contributed by atoms with Gasteiger partial charge in [-0.05, 0) is 6.92 Å². The first-order valence-electron chi connectivity index (χ1n) is 3.63. The van der Waals surface area contributed by atoms with Gasteiger partial charge in [0.1, 0.15) is 6.54 Å². The Bertz CT molecular complexity index is 290. The Kier molecular flexibility index (Phi) is 2.69. The van der Waals surface area contributed by atoms with Crippen molar-refractivity contribution in [1.82, 2.24) is 0 Å². The van der Waals surface area contributed by atoms with Crippen LogP contribution in [-0.2, 0) is 0 Å². The summed E-state index contributed by atoms with van der Waals surface area (Å²) in [4.78, 5) is 20.8. The van der Waals surface area contributed by atoms with Crippen molar-refractivity contribution < 1.29 is 4.79 Å². The Morgan fingerprint density at radius 1 is 1.33 bits per heavy atom. The third-order valence-corrected chi connectivity index (χ3v) is 1.58. The lowest BCUT2D eigenvalue weighted by Gasteiger charge is -1.95. The highest BCUT2D eigenvalue weighted by Crippen LogP contribution is 2.03. The van der Waals surface area contributed by atoms with Crippen molar-refractivity contribution in [2.75, 3.05) is 6.54 Å². The predicted molar refractivity (Wildman–Crippen MR) is 46.2 cm³/mol. The number of hydrogen-bond acceptors (Lipinski definition) is 3. The highest BCUT2D eigenvalue weighted by molar-refractivity contribution is 5.97. The molecule has 1 aromatic carbocycles. The molecule has 0 N–H and O–H groups in total. The van der Waals surface area contributed by atoms with Gasteiger partial charge in [-0.2, -0.15) is 4.91 Å². The number of hydrogen-bond donors (Lipinski definition) is 0. The fourth-order valence-electron chi connectivity index (χ4n) is 0.889. The number of ketones is 1. The van der Waals surface area contributed by atoms with Crippen LogP contribution >= 0.6 is 0 Å². The van der Waals surface area contributed by atoms with E-state index in [9.17, 15) is 9.70 Å². The highest BCUT2D eigenvalue weighted by Gasteiger charge is 2.03. The minimum Gasteiger partial charge on any atom is -0.292 e. The van der Waals surface area contributed by atoms with Gasteiger partial charge in [-0.25, -0.2) is 0 Å². The van der Waals surface area contributed by atoms with Crippen LogP contribution in [-0.4, -0.2) is 12.3 Å². The monoisotopic (exact) mass is 163 g/mol. The van der Waals surface area contributed by atoms with E-state index in [-0.39, 0.29) is 12.3 Å². The first-order valence-corrected chi connectivity index (χ1v) is 3.63. The number of aryl methyl sites for hydroxylation is 1. The second-order valence-electron chi connectivity index (χ2n) is 2.58. The van der Waals surface area contributed by atoms with Crippen molar-refractivity contribution in [3.8, 4) is 0 Å². The molecular formula is C9H9NO2. The van der Waals surface area contributed by atoms with Crippen LogP contribution in [0.15, 0.2) is 29.4 Å². The first-order chi connectivity index (χ1) is 5.74. The van der Waals surface area contributed by atoms with Crippen molar-refractivity contribution in [1.29, 1.82) is 0 Å². The van der Waals surface area contributed by atoms with Gasteiger partial charge < -0.3 is 0 Å². The average Bonchev–Trinajstić information content (AvgIpc) is 2.06. The SMILES string of the molecule is Cc1ccc(C(=O)CN=O)cc1. The zero-order chi connectivity index (χ0) is 8.97. The smallest absolute Gasteiger partial charge is 0.187 e. The standard InChI is InChI=1S/C9H9NO2/c1-7-2-4-8(5-3-7)9(11)6-10-12/h2-5H,6H2,1H3. The lowest BCUT2D eigenvalue weighted by molar-refractivity contribution is 0.100. The molecule has 3 nitrogen and oxygen atoms in total. The molecule has 0 fully saturated rings. The molecule has 0 aliphatic rings. The molecule has 0 aliphatic heterocycles. The maximum absolute atomic E-state index is 11.1. The molecule has 0 saturated heterocycles. The summed E-state index contributed by atoms with van der Waals surface area (Å²) in [6, 6.07) is 7.06. The zero-order valence-corrected chi connectivity index (χ0v) is 6.78. The van der Waals surface area contributed by atoms with Gasteiger partial charge in [-0.1, -0.05) is 35.0 Å². The highest BCUT2D eigenvalue weighted by atomic mass is 16.3. The summed E-state index contributed by atoms with van der Waals surface area (Å²) >= 11 is 0. The minimum absolute atomic E-state index is 0.231. The number of Topliss-reactive ketones (excluding diaryl/α,β-unsaturated/α-hetero) is 1. The molecular weight excluding hydrogens is 154 g/mol. The number of carbonyl (C=O) groups excluding carboxylic acids is 1. The third kappa shape index (κ3) is 1.99. The van der Waals surface area contributed by atoms with Crippen LogP contribution in [0.25, 0.3) is 0 Å². The van der Waals surface area contributed by atoms with Gasteiger partial charge in [0.15, 0.2) is 5.78 Å². The van der Waals surface area contributed by atoms with Crippen LogP contribution < -0.4 is 0 Å². The van der Waals surface area contributed by atoms with E-state index in [0.717, 1.165) is 5.56 Å². The summed E-state index contributed by atoms with van der Waals surface area (Å²) in [5.41, 5.74) is 1.63. The lowest BCUT2D eigenvalue weighted by Crippen LogP contribution is -2.01. The van der Waals surface area contributed by atoms with E-state index in [1.54, 1.807) is 12.1 Å². The van der Waals surface area contributed by atoms with Gasteiger partial charge >= 0.3 is 0 Å². The maximum atomic E-state index is 11.1. The van der Waals surface area contributed by atoms with Gasteiger partial charge in [-0.15, -0.1) is 0 Å². The third-order valence-electron chi connectivity index (χ3n) is 1.58. The summed E-state index contributed by atoms with van der Waals surface area (Å²) < 4.78 is 0. The Labute approximate surface area is 70.4 Å². The number of rotatable bonds is 3. The summed E-state index contributed by atoms with van der Waals surface area (Å²) in [5, 5.41) is 2.53. The fourth-order valence-corrected chi connectivity index (χ4v) is 0.889. The Morgan fingerprint density at radius 3 is 2.42 bits per heavy atom. The molecule has 0 amide bonds. The van der Waals surface area contributed by atoms with Crippen LogP contribution in [0.1, 0.15) is 15.9 Å². The largest absolute Gasteiger partial charge is 0.292 e. The number of nitroso groups, excluding NO2 is 1. The Morgan fingerprint density at radius 2 is 1.92 bits per heavy atom. The van der Waals surface area contributed by atoms with Crippen molar-refractivity contribution in [2.24, 2.45) is 5.18 Å². The minimum atomic E-state index is -0.275. The van der Waals surface area contributed by atoms with Gasteiger partial charge in [0.25, 0.3) is 0 Å². The van der Waals surface area contributed by atoms with Crippen LogP contribution in [0.2, 0.25) is 0 Å². The van der Waals surface area contributed by atoms with Crippen molar-refractivity contribution >= 4 is 5.78 Å². The van der Waals surface area contributed by atoms with Crippen molar-refractivity contribution in [2.45, 2.75) is 6.92 Å². The van der Waals surface area contributed by atoms with Gasteiger partial charge in [0.2, 0.25) is 0 Å². The van der Waals surface area contributed by atoms with E-state index < -0.39 is 0 Å². The molecule has 0 bridgehead atoms. The van der Waals surface area contributed by atoms with Crippen LogP contribution in [0, 0.1) is 11.8 Å². The normalized spacial score (nSPS) is 9.42. The number of benzene rings is 1. The van der Waals surface area contributed by atoms with E-state index in [1.165, 1.54) is 0 Å². The molecule has 0 unspecified atom stereocenters. The average molecular weight is 163 g/mol. The number of carbonyl (C=O) groups is 1. The predicted octanol–water partition coefficient (Wildman–Crippen LogP) is 1.94. The summed E-state index contributed by atoms with van der Waals surface area (Å²) in [6.45, 7) is 1.66. The molecule has 0 heterocycles. The molecule has 0 aromatic heterocycles. The van der Waals surface area contributed by atoms with Crippen LogP contribution in [0.4, 0.5) is 0 Å². The van der Waals surface area contributed by atoms with E-state index in [0.29, 0.717) is 5.56 Å². The zero-order valence-electron chi connectivity index (χ0n) is 6.78. The van der Waals surface area contributed by atoms with E-state index in [2.05, 4.69) is 5.18 Å². The molecule has 1 aromatic rings. The molecule has 0 saturated carbocycles. The Hall–Kier alpha value is -1.51. The molecule has 1 rings (SSSR count). The molecule has 0 radical (unpaired) electrons. The molecule has 12 heavy (non-hydrogen) atoms. The number of nitrogens with zero attached hydrogens (tertiary/aromatic N) is 1. The van der Waals surface area contributed by atoms with Gasteiger partial charge in [-0.3, -0.25) is 4.79 Å². The second kappa shape index (κ2) is 3.76. The quantitative estimate of drug-likeness (QED) is 0.505. The van der Waals surface area contributed by atoms with Gasteiger partial charge in [0, 0.05) is 5.56 Å². The fraction of sp³-hybridized carbons (Fsp3) is 0.222. The molecule has 62 valence electrons. The topological polar surface area (TPSA) is 46.5 Å². The lowest BCUT2D eigenvalue weighted by atomic mass is 10.1. The second-order valence-corrected chi connectivity index (χ2v) is 2.58. The van der Waals surface area contributed by atoms with Crippen LogP contribution in [0.5, 0.6) is 0 Å². The maximum Gasteiger partial charge on any atom is 0.187 e. The van der Waals surface area contributed by atoms with E-state index in [1.807, 2.05) is 19.1 Å². The van der Waals surface area contributed by atoms with Gasteiger partial charge in [0.05, 0.1) is 0 Å². The van der Waals surface area contributed by atoms with E-state index >= 15 is 0 Å². The molecule has 0 atom stereocenters. The molecule has 3 heteroatoms. The molecule has 0 aliphatic carbocycles. The van der Waals surface area contributed by atoms with E-state index in [4.69, 9.17) is 0 Å². The first kappa shape index (κ1) is 8.59. The van der Waals surface area contributed by atoms with Crippen molar-refractivity contribution in [3.63, 3.8) is 0 Å². The van der Waals surface area contributed by atoms with Crippen LogP contribution in [0.3, 0.4) is 0 Å². The molecule has 0 spiro atoms. The van der Waals surface area contributed by atoms with Crippen molar-refractivity contribution in [3.05, 3.63) is 40.3 Å². The summed E-state index contributed by atoms with van der Waals surface area (Å²) in [5.74, 6) is -0.231. The summed E-state index contributed by atoms with van der Waals surface area (Å²) in [7, 11) is 0.